The van der Waals surface area contributed by atoms with Gasteiger partial charge in [-0.1, -0.05) is 158 Å². The molecule has 0 aliphatic carbocycles. The molecule has 0 N–H and O–H groups in total. The van der Waals surface area contributed by atoms with E-state index in [-0.39, 0.29) is 0 Å². The average molecular weight is 639 g/mol. The van der Waals surface area contributed by atoms with Gasteiger partial charge in [-0.2, -0.15) is 0 Å². The van der Waals surface area contributed by atoms with Crippen LogP contribution in [0.2, 0.25) is 0 Å². The first-order chi connectivity index (χ1) is 24.8. The van der Waals surface area contributed by atoms with Gasteiger partial charge in [0.1, 0.15) is 0 Å². The maximum absolute atomic E-state index is 5.08. The van der Waals surface area contributed by atoms with E-state index >= 15 is 0 Å². The van der Waals surface area contributed by atoms with Crippen LogP contribution in [0.3, 0.4) is 0 Å². The fourth-order valence-corrected chi connectivity index (χ4v) is 6.63. The second-order valence-electron chi connectivity index (χ2n) is 12.3. The summed E-state index contributed by atoms with van der Waals surface area (Å²) in [5.74, 6) is 1.88. The van der Waals surface area contributed by atoms with Crippen LogP contribution in [0, 0.1) is 0 Å². The lowest BCUT2D eigenvalue weighted by Gasteiger charge is -2.12. The molecule has 0 atom stereocenters. The zero-order valence-electron chi connectivity index (χ0n) is 27.1. The van der Waals surface area contributed by atoms with Gasteiger partial charge in [0.15, 0.2) is 17.5 Å². The third-order valence-electron chi connectivity index (χ3n) is 9.18. The predicted octanol–water partition coefficient (Wildman–Crippen LogP) is 11.6. The van der Waals surface area contributed by atoms with E-state index in [1.807, 2.05) is 24.4 Å². The van der Waals surface area contributed by atoms with Crippen LogP contribution in [0.25, 0.3) is 89.2 Å². The first-order valence-electron chi connectivity index (χ1n) is 16.7. The Morgan fingerprint density at radius 2 is 0.760 bits per heavy atom. The van der Waals surface area contributed by atoms with E-state index in [0.29, 0.717) is 17.5 Å². The summed E-state index contributed by atoms with van der Waals surface area (Å²) in [4.78, 5) is 19.9. The van der Waals surface area contributed by atoms with Gasteiger partial charge in [-0.25, -0.2) is 15.0 Å². The molecule has 4 nitrogen and oxygen atoms in total. The molecule has 0 saturated carbocycles. The van der Waals surface area contributed by atoms with E-state index in [2.05, 4.69) is 158 Å². The first-order valence-corrected chi connectivity index (χ1v) is 16.7. The van der Waals surface area contributed by atoms with Crippen molar-refractivity contribution in [3.63, 3.8) is 0 Å². The van der Waals surface area contributed by atoms with E-state index in [1.54, 1.807) is 0 Å². The molecule has 0 aliphatic rings. The van der Waals surface area contributed by atoms with Crippen LogP contribution < -0.4 is 0 Å². The number of fused-ring (bicyclic) bond motifs is 3. The van der Waals surface area contributed by atoms with Gasteiger partial charge in [-0.15, -0.1) is 0 Å². The van der Waals surface area contributed by atoms with Gasteiger partial charge >= 0.3 is 0 Å². The van der Waals surface area contributed by atoms with Gasteiger partial charge in [0.2, 0.25) is 0 Å². The Kier molecular flexibility index (Phi) is 7.45. The molecule has 0 unspecified atom stereocenters. The van der Waals surface area contributed by atoms with Gasteiger partial charge in [0.05, 0.1) is 5.52 Å². The molecule has 0 amide bonds. The molecule has 234 valence electrons. The van der Waals surface area contributed by atoms with Gasteiger partial charge in [0, 0.05) is 33.7 Å². The number of hydrogen-bond acceptors (Lipinski definition) is 4. The first kappa shape index (κ1) is 29.4. The number of pyridine rings is 1. The lowest BCUT2D eigenvalue weighted by molar-refractivity contribution is 1.07. The fraction of sp³-hybridized carbons (Fsp3) is 0. The molecule has 0 spiro atoms. The normalized spacial score (nSPS) is 11.2. The van der Waals surface area contributed by atoms with E-state index in [9.17, 15) is 0 Å². The summed E-state index contributed by atoms with van der Waals surface area (Å²) in [6, 6.07) is 61.0. The Balaban J connectivity index is 1.17. The summed E-state index contributed by atoms with van der Waals surface area (Å²) in [5.41, 5.74) is 10.6. The Morgan fingerprint density at radius 3 is 1.36 bits per heavy atom. The Morgan fingerprint density at radius 1 is 0.300 bits per heavy atom. The molecule has 0 radical (unpaired) electrons. The highest BCUT2D eigenvalue weighted by atomic mass is 15.0. The van der Waals surface area contributed by atoms with Gasteiger partial charge in [0.25, 0.3) is 0 Å². The molecule has 0 bridgehead atoms. The second kappa shape index (κ2) is 12.7. The lowest BCUT2D eigenvalue weighted by Crippen LogP contribution is -2.00. The number of aromatic nitrogens is 4. The molecular weight excluding hydrogens is 609 g/mol. The molecule has 0 saturated heterocycles. The molecule has 50 heavy (non-hydrogen) atoms. The number of benzene rings is 7. The van der Waals surface area contributed by atoms with E-state index in [1.165, 1.54) is 11.1 Å². The van der Waals surface area contributed by atoms with Gasteiger partial charge in [-0.05, 0) is 57.0 Å². The Labute approximate surface area is 290 Å². The third kappa shape index (κ3) is 5.59. The SMILES string of the molecule is c1ccc(-c2ccc(-c3nc(-c4ccc(-c5ccccc5)cc4)nc(-c4cccc(-c5cc6cccnc6c6ccccc56)c4)n3)cc2)cc1. The molecule has 4 heteroatoms. The third-order valence-corrected chi connectivity index (χ3v) is 9.18. The predicted molar refractivity (Wildman–Crippen MR) is 205 cm³/mol. The van der Waals surface area contributed by atoms with E-state index in [4.69, 9.17) is 19.9 Å². The summed E-state index contributed by atoms with van der Waals surface area (Å²) in [5, 5.41) is 3.40. The Bertz CT molecular complexity index is 2510. The minimum Gasteiger partial charge on any atom is -0.256 e. The van der Waals surface area contributed by atoms with Gasteiger partial charge < -0.3 is 0 Å². The molecule has 7 aromatic carbocycles. The molecule has 9 aromatic rings. The quantitative estimate of drug-likeness (QED) is 0.170. The number of rotatable bonds is 6. The van der Waals surface area contributed by atoms with E-state index < -0.39 is 0 Å². The maximum atomic E-state index is 5.08. The zero-order chi connectivity index (χ0) is 33.3. The second-order valence-corrected chi connectivity index (χ2v) is 12.3. The van der Waals surface area contributed by atoms with Crippen molar-refractivity contribution >= 4 is 21.7 Å². The fourth-order valence-electron chi connectivity index (χ4n) is 6.63. The van der Waals surface area contributed by atoms with Crippen molar-refractivity contribution < 1.29 is 0 Å². The molecule has 0 aliphatic heterocycles. The van der Waals surface area contributed by atoms with Crippen LogP contribution in [0.1, 0.15) is 0 Å². The number of hydrogen-bond donors (Lipinski definition) is 0. The highest BCUT2D eigenvalue weighted by molar-refractivity contribution is 6.12. The van der Waals surface area contributed by atoms with Crippen molar-refractivity contribution in [1.82, 2.24) is 19.9 Å². The van der Waals surface area contributed by atoms with Gasteiger partial charge in [-0.3, -0.25) is 4.98 Å². The minimum atomic E-state index is 0.623. The van der Waals surface area contributed by atoms with Crippen molar-refractivity contribution in [2.75, 3.05) is 0 Å². The highest BCUT2D eigenvalue weighted by Gasteiger charge is 2.15. The smallest absolute Gasteiger partial charge is 0.164 e. The van der Waals surface area contributed by atoms with E-state index in [0.717, 1.165) is 60.6 Å². The highest BCUT2D eigenvalue weighted by Crippen LogP contribution is 2.36. The van der Waals surface area contributed by atoms with Crippen LogP contribution in [0.5, 0.6) is 0 Å². The summed E-state index contributed by atoms with van der Waals surface area (Å²) < 4.78 is 0. The topological polar surface area (TPSA) is 51.6 Å². The van der Waals surface area contributed by atoms with Crippen molar-refractivity contribution in [1.29, 1.82) is 0 Å². The van der Waals surface area contributed by atoms with Crippen LogP contribution in [-0.2, 0) is 0 Å². The Hall–Kier alpha value is -6.78. The molecule has 0 fully saturated rings. The van der Waals surface area contributed by atoms with Crippen molar-refractivity contribution in [2.45, 2.75) is 0 Å². The minimum absolute atomic E-state index is 0.623. The summed E-state index contributed by atoms with van der Waals surface area (Å²) >= 11 is 0. The molecule has 9 rings (SSSR count). The largest absolute Gasteiger partial charge is 0.256 e. The van der Waals surface area contributed by atoms with Crippen LogP contribution in [-0.4, -0.2) is 19.9 Å². The van der Waals surface area contributed by atoms with Crippen molar-refractivity contribution in [3.8, 4) is 67.5 Å². The summed E-state index contributed by atoms with van der Waals surface area (Å²) in [7, 11) is 0. The lowest BCUT2D eigenvalue weighted by atomic mass is 9.94. The van der Waals surface area contributed by atoms with Crippen LogP contribution in [0.4, 0.5) is 0 Å². The molecule has 2 heterocycles. The van der Waals surface area contributed by atoms with Crippen molar-refractivity contribution in [3.05, 3.63) is 182 Å². The molecular formula is C46H30N4. The summed E-state index contributed by atoms with van der Waals surface area (Å²) in [6.45, 7) is 0. The summed E-state index contributed by atoms with van der Waals surface area (Å²) in [6.07, 6.45) is 1.86. The standard InChI is InChI=1S/C46H30N4/c1-3-11-31(12-4-1)33-20-24-35(25-21-33)44-48-45(36-26-22-34(23-27-36)32-13-5-2-6-14-32)50-46(49-44)39-16-9-15-37(29-39)42-30-38-17-10-28-47-43(38)41-19-8-7-18-40(41)42/h1-30H. The maximum Gasteiger partial charge on any atom is 0.164 e. The zero-order valence-corrected chi connectivity index (χ0v) is 27.1. The number of nitrogens with zero attached hydrogens (tertiary/aromatic N) is 4. The van der Waals surface area contributed by atoms with Crippen LogP contribution >= 0.6 is 0 Å². The molecule has 2 aromatic heterocycles. The monoisotopic (exact) mass is 638 g/mol. The van der Waals surface area contributed by atoms with Crippen molar-refractivity contribution in [2.24, 2.45) is 0 Å². The van der Waals surface area contributed by atoms with Crippen LogP contribution in [0.15, 0.2) is 182 Å². The average Bonchev–Trinajstić information content (AvgIpc) is 3.21.